The van der Waals surface area contributed by atoms with Crippen molar-refractivity contribution in [2.24, 2.45) is 0 Å². The van der Waals surface area contributed by atoms with Crippen LogP contribution in [0.15, 0.2) is 47.5 Å². The molecule has 0 spiro atoms. The van der Waals surface area contributed by atoms with Gasteiger partial charge in [-0.05, 0) is 32.8 Å². The lowest BCUT2D eigenvalue weighted by Gasteiger charge is -2.16. The average molecular weight is 271 g/mol. The Bertz CT molecular complexity index is 605. The van der Waals surface area contributed by atoms with Crippen LogP contribution in [-0.2, 0) is 6.42 Å². The van der Waals surface area contributed by atoms with Crippen molar-refractivity contribution in [1.82, 2.24) is 9.55 Å². The van der Waals surface area contributed by atoms with Gasteiger partial charge in [-0.25, -0.2) is 4.98 Å². The van der Waals surface area contributed by atoms with Crippen LogP contribution >= 0.6 is 0 Å². The van der Waals surface area contributed by atoms with Crippen LogP contribution in [0, 0.1) is 0 Å². The highest BCUT2D eigenvalue weighted by atomic mass is 16.1. The standard InChI is InChI=1S/C16H21N3O/c1-12(2)19-10-9-17-15(16(19)20)18-13(3)11-14-7-5-4-6-8-14/h4-10,12-13H,11H2,1-3H3,(H,17,18). The second-order valence-corrected chi connectivity index (χ2v) is 5.32. The minimum Gasteiger partial charge on any atom is -0.363 e. The molecule has 4 nitrogen and oxygen atoms in total. The van der Waals surface area contributed by atoms with E-state index < -0.39 is 0 Å². The lowest BCUT2D eigenvalue weighted by Crippen LogP contribution is -2.29. The first kappa shape index (κ1) is 14.3. The molecule has 0 radical (unpaired) electrons. The van der Waals surface area contributed by atoms with Crippen molar-refractivity contribution in [2.45, 2.75) is 39.3 Å². The lowest BCUT2D eigenvalue weighted by molar-refractivity contribution is 0.574. The number of hydrogen-bond acceptors (Lipinski definition) is 3. The Morgan fingerprint density at radius 3 is 2.55 bits per heavy atom. The quantitative estimate of drug-likeness (QED) is 0.909. The molecule has 1 heterocycles. The molecular weight excluding hydrogens is 250 g/mol. The number of rotatable bonds is 5. The van der Waals surface area contributed by atoms with Crippen molar-refractivity contribution in [2.75, 3.05) is 5.32 Å². The van der Waals surface area contributed by atoms with Crippen LogP contribution < -0.4 is 10.9 Å². The van der Waals surface area contributed by atoms with Crippen molar-refractivity contribution in [3.63, 3.8) is 0 Å². The van der Waals surface area contributed by atoms with E-state index in [-0.39, 0.29) is 17.6 Å². The topological polar surface area (TPSA) is 46.9 Å². The molecule has 106 valence electrons. The van der Waals surface area contributed by atoms with Gasteiger partial charge >= 0.3 is 0 Å². The van der Waals surface area contributed by atoms with Gasteiger partial charge in [0.15, 0.2) is 5.82 Å². The molecule has 0 saturated heterocycles. The predicted octanol–water partition coefficient (Wildman–Crippen LogP) is 2.87. The van der Waals surface area contributed by atoms with Gasteiger partial charge in [-0.1, -0.05) is 30.3 Å². The molecule has 0 aliphatic heterocycles. The summed E-state index contributed by atoms with van der Waals surface area (Å²) in [5, 5.41) is 3.21. The van der Waals surface area contributed by atoms with E-state index in [0.717, 1.165) is 6.42 Å². The van der Waals surface area contributed by atoms with E-state index in [1.807, 2.05) is 32.0 Å². The molecule has 2 aromatic rings. The van der Waals surface area contributed by atoms with Crippen molar-refractivity contribution >= 4 is 5.82 Å². The first-order valence-electron chi connectivity index (χ1n) is 6.95. The van der Waals surface area contributed by atoms with Gasteiger partial charge in [0, 0.05) is 24.5 Å². The summed E-state index contributed by atoms with van der Waals surface area (Å²) in [5.41, 5.74) is 1.18. The maximum atomic E-state index is 12.2. The second kappa shape index (κ2) is 6.37. The molecule has 1 atom stereocenters. The Morgan fingerprint density at radius 1 is 1.20 bits per heavy atom. The summed E-state index contributed by atoms with van der Waals surface area (Å²) < 4.78 is 1.69. The monoisotopic (exact) mass is 271 g/mol. The zero-order valence-electron chi connectivity index (χ0n) is 12.2. The number of nitrogens with zero attached hydrogens (tertiary/aromatic N) is 2. The van der Waals surface area contributed by atoms with Crippen LogP contribution in [0.1, 0.15) is 32.4 Å². The maximum absolute atomic E-state index is 12.2. The molecule has 0 fully saturated rings. The summed E-state index contributed by atoms with van der Waals surface area (Å²) in [6, 6.07) is 10.5. The Labute approximate surface area is 119 Å². The number of anilines is 1. The predicted molar refractivity (Wildman–Crippen MR) is 82.1 cm³/mol. The Hall–Kier alpha value is -2.10. The Kier molecular flexibility index (Phi) is 4.56. The SMILES string of the molecule is CC(Cc1ccccc1)Nc1nccn(C(C)C)c1=O. The van der Waals surface area contributed by atoms with Crippen molar-refractivity contribution in [3.05, 3.63) is 58.6 Å². The molecular formula is C16H21N3O. The fraction of sp³-hybridized carbons (Fsp3) is 0.375. The first-order chi connectivity index (χ1) is 9.58. The average Bonchev–Trinajstić information content (AvgIpc) is 2.42. The molecule has 4 heteroatoms. The molecule has 0 aliphatic rings. The van der Waals surface area contributed by atoms with E-state index >= 15 is 0 Å². The van der Waals surface area contributed by atoms with E-state index in [2.05, 4.69) is 29.4 Å². The summed E-state index contributed by atoms with van der Waals surface area (Å²) in [7, 11) is 0. The van der Waals surface area contributed by atoms with Crippen molar-refractivity contribution in [3.8, 4) is 0 Å². The number of aromatic nitrogens is 2. The minimum absolute atomic E-state index is 0.0672. The van der Waals surface area contributed by atoms with Crippen LogP contribution in [0.25, 0.3) is 0 Å². The van der Waals surface area contributed by atoms with E-state index in [1.165, 1.54) is 5.56 Å². The van der Waals surface area contributed by atoms with Crippen molar-refractivity contribution in [1.29, 1.82) is 0 Å². The number of benzene rings is 1. The van der Waals surface area contributed by atoms with Gasteiger partial charge in [-0.2, -0.15) is 0 Å². The van der Waals surface area contributed by atoms with Crippen LogP contribution in [0.5, 0.6) is 0 Å². The van der Waals surface area contributed by atoms with Crippen molar-refractivity contribution < 1.29 is 0 Å². The van der Waals surface area contributed by atoms with Gasteiger partial charge in [-0.15, -0.1) is 0 Å². The molecule has 1 aromatic carbocycles. The highest BCUT2D eigenvalue weighted by Crippen LogP contribution is 2.07. The van der Waals surface area contributed by atoms with Gasteiger partial charge in [0.25, 0.3) is 5.56 Å². The third kappa shape index (κ3) is 3.47. The van der Waals surface area contributed by atoms with Crippen LogP contribution in [0.3, 0.4) is 0 Å². The second-order valence-electron chi connectivity index (χ2n) is 5.32. The molecule has 1 aromatic heterocycles. The Balaban J connectivity index is 2.10. The normalized spacial score (nSPS) is 12.4. The zero-order valence-corrected chi connectivity index (χ0v) is 12.2. The largest absolute Gasteiger partial charge is 0.363 e. The van der Waals surface area contributed by atoms with E-state index in [1.54, 1.807) is 17.0 Å². The molecule has 1 unspecified atom stereocenters. The summed E-state index contributed by atoms with van der Waals surface area (Å²) >= 11 is 0. The fourth-order valence-electron chi connectivity index (χ4n) is 2.18. The van der Waals surface area contributed by atoms with E-state index in [0.29, 0.717) is 5.82 Å². The highest BCUT2D eigenvalue weighted by molar-refractivity contribution is 5.33. The minimum atomic E-state index is -0.0672. The van der Waals surface area contributed by atoms with Gasteiger partial charge in [0.2, 0.25) is 0 Å². The Morgan fingerprint density at radius 2 is 1.90 bits per heavy atom. The molecule has 0 saturated carbocycles. The molecule has 20 heavy (non-hydrogen) atoms. The third-order valence-corrected chi connectivity index (χ3v) is 3.19. The van der Waals surface area contributed by atoms with Crippen LogP contribution in [0.4, 0.5) is 5.82 Å². The third-order valence-electron chi connectivity index (χ3n) is 3.19. The first-order valence-corrected chi connectivity index (χ1v) is 6.95. The van der Waals surface area contributed by atoms with E-state index in [9.17, 15) is 4.79 Å². The molecule has 0 bridgehead atoms. The van der Waals surface area contributed by atoms with Gasteiger partial charge < -0.3 is 9.88 Å². The fourth-order valence-corrected chi connectivity index (χ4v) is 2.18. The zero-order chi connectivity index (χ0) is 14.5. The molecule has 1 N–H and O–H groups in total. The summed E-state index contributed by atoms with van der Waals surface area (Å²) in [6.45, 7) is 6.03. The van der Waals surface area contributed by atoms with E-state index in [4.69, 9.17) is 0 Å². The molecule has 0 aliphatic carbocycles. The maximum Gasteiger partial charge on any atom is 0.293 e. The summed E-state index contributed by atoms with van der Waals surface area (Å²) in [4.78, 5) is 16.4. The number of nitrogens with one attached hydrogen (secondary N) is 1. The molecule has 0 amide bonds. The van der Waals surface area contributed by atoms with Crippen LogP contribution in [0.2, 0.25) is 0 Å². The van der Waals surface area contributed by atoms with Gasteiger partial charge in [0.05, 0.1) is 0 Å². The van der Waals surface area contributed by atoms with Crippen LogP contribution in [-0.4, -0.2) is 15.6 Å². The van der Waals surface area contributed by atoms with Gasteiger partial charge in [0.1, 0.15) is 0 Å². The lowest BCUT2D eigenvalue weighted by atomic mass is 10.1. The summed E-state index contributed by atoms with van der Waals surface area (Å²) in [6.07, 6.45) is 4.25. The molecule has 2 rings (SSSR count). The highest BCUT2D eigenvalue weighted by Gasteiger charge is 2.10. The smallest absolute Gasteiger partial charge is 0.293 e. The van der Waals surface area contributed by atoms with Gasteiger partial charge in [-0.3, -0.25) is 4.79 Å². The summed E-state index contributed by atoms with van der Waals surface area (Å²) in [5.74, 6) is 0.421. The number of hydrogen-bond donors (Lipinski definition) is 1.